The number of piperidine rings is 1. The summed E-state index contributed by atoms with van der Waals surface area (Å²) in [7, 11) is 0. The lowest BCUT2D eigenvalue weighted by molar-refractivity contribution is 0.163. The maximum atomic E-state index is 6.03. The monoisotopic (exact) mass is 405 g/mol. The van der Waals surface area contributed by atoms with Gasteiger partial charge >= 0.3 is 0 Å². The molecule has 1 aliphatic heterocycles. The van der Waals surface area contributed by atoms with Crippen LogP contribution in [0.1, 0.15) is 25.7 Å². The van der Waals surface area contributed by atoms with Gasteiger partial charge in [-0.25, -0.2) is 4.98 Å². The Hall–Kier alpha value is -0.780. The van der Waals surface area contributed by atoms with Crippen LogP contribution >= 0.6 is 36.4 Å². The zero-order chi connectivity index (χ0) is 16.1. The van der Waals surface area contributed by atoms with Gasteiger partial charge in [0.05, 0.1) is 12.7 Å². The van der Waals surface area contributed by atoms with Crippen LogP contribution in [0.4, 0.5) is 0 Å². The molecule has 1 aliphatic rings. The number of hydrogen-bond donors (Lipinski definition) is 1. The molecule has 0 spiro atoms. The molecule has 140 valence electrons. The average Bonchev–Trinajstić information content (AvgIpc) is 3.03. The van der Waals surface area contributed by atoms with Gasteiger partial charge in [-0.15, -0.1) is 24.8 Å². The summed E-state index contributed by atoms with van der Waals surface area (Å²) in [6.07, 6.45) is 4.28. The lowest BCUT2D eigenvalue weighted by Gasteiger charge is -2.31. The van der Waals surface area contributed by atoms with Gasteiger partial charge < -0.3 is 9.73 Å². The molecule has 0 atom stereocenters. The van der Waals surface area contributed by atoms with Gasteiger partial charge in [-0.05, 0) is 57.1 Å². The molecule has 0 saturated carbocycles. The summed E-state index contributed by atoms with van der Waals surface area (Å²) in [5, 5.41) is 4.16. The third-order valence-corrected chi connectivity index (χ3v) is 4.65. The van der Waals surface area contributed by atoms with Gasteiger partial charge in [0.15, 0.2) is 5.76 Å². The number of nitrogens with zero attached hydrogens (tertiary/aromatic N) is 2. The number of likely N-dealkylation sites (tertiary alicyclic amines) is 1. The molecule has 1 aromatic heterocycles. The van der Waals surface area contributed by atoms with Crippen molar-refractivity contribution in [3.8, 4) is 11.3 Å². The van der Waals surface area contributed by atoms with Crippen molar-refractivity contribution in [3.63, 3.8) is 0 Å². The molecule has 0 radical (unpaired) electrons. The minimum atomic E-state index is 0. The van der Waals surface area contributed by atoms with Gasteiger partial charge in [0.25, 0.3) is 0 Å². The number of oxazole rings is 1. The fourth-order valence-corrected chi connectivity index (χ4v) is 3.24. The van der Waals surface area contributed by atoms with E-state index in [2.05, 4.69) is 22.1 Å². The minimum absolute atomic E-state index is 0. The van der Waals surface area contributed by atoms with E-state index in [1.54, 1.807) is 6.20 Å². The number of halogens is 3. The molecule has 0 unspecified atom stereocenters. The highest BCUT2D eigenvalue weighted by Crippen LogP contribution is 2.24. The lowest BCUT2D eigenvalue weighted by Crippen LogP contribution is -2.36. The molecule has 2 aromatic rings. The molecular formula is C18H26Cl3N3O. The molecule has 0 aliphatic carbocycles. The van der Waals surface area contributed by atoms with E-state index in [4.69, 9.17) is 16.0 Å². The number of nitrogens with one attached hydrogen (secondary N) is 1. The van der Waals surface area contributed by atoms with Crippen molar-refractivity contribution in [3.05, 3.63) is 41.4 Å². The summed E-state index contributed by atoms with van der Waals surface area (Å²) in [5.74, 6) is 2.37. The average molecular weight is 407 g/mol. The molecule has 0 amide bonds. The number of hydrogen-bond acceptors (Lipinski definition) is 4. The summed E-state index contributed by atoms with van der Waals surface area (Å²) in [6.45, 7) is 7.38. The lowest BCUT2D eigenvalue weighted by atomic mass is 9.97. The van der Waals surface area contributed by atoms with Crippen LogP contribution in [-0.2, 0) is 6.54 Å². The van der Waals surface area contributed by atoms with Gasteiger partial charge in [0.2, 0.25) is 5.89 Å². The first kappa shape index (κ1) is 22.3. The minimum Gasteiger partial charge on any atom is -0.439 e. The Labute approximate surface area is 167 Å². The summed E-state index contributed by atoms with van der Waals surface area (Å²) in [5.41, 5.74) is 0.973. The van der Waals surface area contributed by atoms with Crippen molar-refractivity contribution in [2.45, 2.75) is 26.3 Å². The Balaban J connectivity index is 0.00000156. The SMILES string of the molecule is CCNCC1CCN(Cc2ncc(-c3cccc(Cl)c3)o2)CC1.Cl.Cl. The van der Waals surface area contributed by atoms with Gasteiger partial charge in [0, 0.05) is 10.6 Å². The second kappa shape index (κ2) is 11.0. The maximum absolute atomic E-state index is 6.03. The normalized spacial score (nSPS) is 15.4. The third kappa shape index (κ3) is 6.46. The fraction of sp³-hybridized carbons (Fsp3) is 0.500. The predicted molar refractivity (Wildman–Crippen MR) is 108 cm³/mol. The van der Waals surface area contributed by atoms with E-state index < -0.39 is 0 Å². The van der Waals surface area contributed by atoms with Crippen LogP contribution in [0.15, 0.2) is 34.9 Å². The van der Waals surface area contributed by atoms with Crippen molar-refractivity contribution in [2.75, 3.05) is 26.2 Å². The summed E-state index contributed by atoms with van der Waals surface area (Å²) in [4.78, 5) is 6.85. The highest BCUT2D eigenvalue weighted by molar-refractivity contribution is 6.30. The molecule has 4 nitrogen and oxygen atoms in total. The molecule has 7 heteroatoms. The van der Waals surface area contributed by atoms with Gasteiger partial charge in [0.1, 0.15) is 0 Å². The number of rotatable bonds is 6. The zero-order valence-corrected chi connectivity index (χ0v) is 16.8. The zero-order valence-electron chi connectivity index (χ0n) is 14.4. The van der Waals surface area contributed by atoms with Crippen LogP contribution in [0.3, 0.4) is 0 Å². The van der Waals surface area contributed by atoms with Crippen molar-refractivity contribution < 1.29 is 4.42 Å². The van der Waals surface area contributed by atoms with E-state index in [9.17, 15) is 0 Å². The molecule has 1 fully saturated rings. The summed E-state index contributed by atoms with van der Waals surface area (Å²) in [6, 6.07) is 7.68. The van der Waals surface area contributed by atoms with Crippen LogP contribution in [0.2, 0.25) is 5.02 Å². The van der Waals surface area contributed by atoms with E-state index in [0.717, 1.165) is 55.9 Å². The molecule has 2 heterocycles. The largest absolute Gasteiger partial charge is 0.439 e. The molecule has 1 saturated heterocycles. The molecule has 1 aromatic carbocycles. The van der Waals surface area contributed by atoms with E-state index in [1.807, 2.05) is 24.3 Å². The van der Waals surface area contributed by atoms with Crippen molar-refractivity contribution in [1.29, 1.82) is 0 Å². The summed E-state index contributed by atoms with van der Waals surface area (Å²) < 4.78 is 5.90. The van der Waals surface area contributed by atoms with Crippen LogP contribution in [0.5, 0.6) is 0 Å². The highest BCUT2D eigenvalue weighted by atomic mass is 35.5. The van der Waals surface area contributed by atoms with E-state index >= 15 is 0 Å². The topological polar surface area (TPSA) is 41.3 Å². The standard InChI is InChI=1S/C18H24ClN3O.2ClH/c1-2-20-11-14-6-8-22(9-7-14)13-18-21-12-17(23-18)15-4-3-5-16(19)10-15;;/h3-5,10,12,14,20H,2,6-9,11,13H2,1H3;2*1H. The quantitative estimate of drug-likeness (QED) is 0.757. The maximum Gasteiger partial charge on any atom is 0.209 e. The van der Waals surface area contributed by atoms with Gasteiger partial charge in [-0.2, -0.15) is 0 Å². The van der Waals surface area contributed by atoms with Crippen LogP contribution in [-0.4, -0.2) is 36.1 Å². The van der Waals surface area contributed by atoms with E-state index in [-0.39, 0.29) is 24.8 Å². The molecule has 3 rings (SSSR count). The van der Waals surface area contributed by atoms with Crippen LogP contribution in [0, 0.1) is 5.92 Å². The van der Waals surface area contributed by atoms with Gasteiger partial charge in [-0.3, -0.25) is 4.90 Å². The number of aromatic nitrogens is 1. The van der Waals surface area contributed by atoms with Crippen molar-refractivity contribution >= 4 is 36.4 Å². The predicted octanol–water partition coefficient (Wildman–Crippen LogP) is 4.66. The second-order valence-electron chi connectivity index (χ2n) is 6.16. The third-order valence-electron chi connectivity index (χ3n) is 4.41. The second-order valence-corrected chi connectivity index (χ2v) is 6.59. The van der Waals surface area contributed by atoms with Crippen molar-refractivity contribution in [1.82, 2.24) is 15.2 Å². The smallest absolute Gasteiger partial charge is 0.209 e. The van der Waals surface area contributed by atoms with E-state index in [0.29, 0.717) is 5.02 Å². The Kier molecular flexibility index (Phi) is 9.83. The molecule has 1 N–H and O–H groups in total. The highest BCUT2D eigenvalue weighted by Gasteiger charge is 2.20. The Morgan fingerprint density at radius 2 is 2.04 bits per heavy atom. The Bertz CT molecular complexity index is 628. The fourth-order valence-electron chi connectivity index (χ4n) is 3.05. The van der Waals surface area contributed by atoms with Crippen LogP contribution < -0.4 is 5.32 Å². The molecule has 25 heavy (non-hydrogen) atoms. The first-order valence-corrected chi connectivity index (χ1v) is 8.76. The van der Waals surface area contributed by atoms with Crippen LogP contribution in [0.25, 0.3) is 11.3 Å². The van der Waals surface area contributed by atoms with E-state index in [1.165, 1.54) is 12.8 Å². The van der Waals surface area contributed by atoms with Gasteiger partial charge in [-0.1, -0.05) is 30.7 Å². The molecular weight excluding hydrogens is 381 g/mol. The Morgan fingerprint density at radius 1 is 1.28 bits per heavy atom. The number of benzene rings is 1. The first-order valence-electron chi connectivity index (χ1n) is 8.38. The Morgan fingerprint density at radius 3 is 2.72 bits per heavy atom. The molecule has 0 bridgehead atoms. The first-order chi connectivity index (χ1) is 11.2. The van der Waals surface area contributed by atoms with Crippen molar-refractivity contribution in [2.24, 2.45) is 5.92 Å². The summed E-state index contributed by atoms with van der Waals surface area (Å²) >= 11 is 6.03.